The van der Waals surface area contributed by atoms with E-state index in [1.165, 1.54) is 0 Å². The number of aromatic nitrogens is 2. The fraction of sp³-hybridized carbons (Fsp3) is 0.0800. The Labute approximate surface area is 180 Å². The number of nitrogens with one attached hydrogen (secondary N) is 2. The van der Waals surface area contributed by atoms with Gasteiger partial charge in [-0.1, -0.05) is 54.6 Å². The lowest BCUT2D eigenvalue weighted by Gasteiger charge is -2.03. The maximum Gasteiger partial charge on any atom is 0.289 e. The number of benzene rings is 3. The van der Waals surface area contributed by atoms with Crippen LogP contribution in [0.15, 0.2) is 90.0 Å². The van der Waals surface area contributed by atoms with Crippen LogP contribution in [0.2, 0.25) is 0 Å². The van der Waals surface area contributed by atoms with E-state index in [1.807, 2.05) is 73.7 Å². The lowest BCUT2D eigenvalue weighted by Crippen LogP contribution is -2.19. The Bertz CT molecular complexity index is 1190. The summed E-state index contributed by atoms with van der Waals surface area (Å²) in [6.07, 6.45) is 0. The quantitative estimate of drug-likeness (QED) is 0.350. The summed E-state index contributed by atoms with van der Waals surface area (Å²) in [4.78, 5) is 12.5. The molecular weight excluding hydrogens is 388 g/mol. The standard InChI is InChI=1S/C25H22N4O2/c1-17(18-12-14-22(31-2)15-13-18)26-29-25(30)24-16-23(27-28-24)21-10-8-20(9-11-21)19-6-4-3-5-7-19/h3-16H,1-2H3,(H,27,28)(H,29,30). The summed E-state index contributed by atoms with van der Waals surface area (Å²) in [6.45, 7) is 1.83. The highest BCUT2D eigenvalue weighted by molar-refractivity contribution is 6.00. The lowest BCUT2D eigenvalue weighted by molar-refractivity contribution is 0.0950. The second-order valence-corrected chi connectivity index (χ2v) is 6.98. The summed E-state index contributed by atoms with van der Waals surface area (Å²) in [5.41, 5.74) is 8.39. The van der Waals surface area contributed by atoms with Crippen molar-refractivity contribution >= 4 is 11.6 Å². The third-order valence-corrected chi connectivity index (χ3v) is 4.94. The van der Waals surface area contributed by atoms with Crippen LogP contribution in [0, 0.1) is 0 Å². The minimum Gasteiger partial charge on any atom is -0.497 e. The van der Waals surface area contributed by atoms with E-state index in [2.05, 4.69) is 32.9 Å². The third-order valence-electron chi connectivity index (χ3n) is 4.94. The summed E-state index contributed by atoms with van der Waals surface area (Å²) >= 11 is 0. The van der Waals surface area contributed by atoms with E-state index in [0.717, 1.165) is 28.0 Å². The molecule has 0 aliphatic rings. The van der Waals surface area contributed by atoms with Crippen molar-refractivity contribution in [3.8, 4) is 28.1 Å². The highest BCUT2D eigenvalue weighted by atomic mass is 16.5. The van der Waals surface area contributed by atoms with Gasteiger partial charge < -0.3 is 4.74 Å². The van der Waals surface area contributed by atoms with E-state index in [1.54, 1.807) is 13.2 Å². The summed E-state index contributed by atoms with van der Waals surface area (Å²) < 4.78 is 5.15. The number of ether oxygens (including phenoxy) is 1. The number of hydrogen-bond donors (Lipinski definition) is 2. The maximum atomic E-state index is 12.5. The first-order valence-electron chi connectivity index (χ1n) is 9.84. The van der Waals surface area contributed by atoms with Crippen LogP contribution in [0.25, 0.3) is 22.4 Å². The van der Waals surface area contributed by atoms with Gasteiger partial charge in [-0.05, 0) is 53.9 Å². The lowest BCUT2D eigenvalue weighted by atomic mass is 10.0. The second-order valence-electron chi connectivity index (χ2n) is 6.98. The van der Waals surface area contributed by atoms with Gasteiger partial charge in [-0.15, -0.1) is 0 Å². The predicted molar refractivity (Wildman–Crippen MR) is 122 cm³/mol. The van der Waals surface area contributed by atoms with Crippen molar-refractivity contribution in [3.05, 3.63) is 96.2 Å². The van der Waals surface area contributed by atoms with Crippen LogP contribution in [0.1, 0.15) is 23.0 Å². The summed E-state index contributed by atoms with van der Waals surface area (Å²) in [5, 5.41) is 11.2. The van der Waals surface area contributed by atoms with Gasteiger partial charge in [-0.2, -0.15) is 10.2 Å². The van der Waals surface area contributed by atoms with E-state index in [-0.39, 0.29) is 5.91 Å². The van der Waals surface area contributed by atoms with Gasteiger partial charge in [0.25, 0.3) is 5.91 Å². The third kappa shape index (κ3) is 4.70. The number of aromatic amines is 1. The van der Waals surface area contributed by atoms with Gasteiger partial charge >= 0.3 is 0 Å². The first kappa shape index (κ1) is 20.1. The maximum absolute atomic E-state index is 12.5. The van der Waals surface area contributed by atoms with Gasteiger partial charge in [0.15, 0.2) is 0 Å². The van der Waals surface area contributed by atoms with E-state index >= 15 is 0 Å². The Morgan fingerprint density at radius 3 is 2.23 bits per heavy atom. The zero-order chi connectivity index (χ0) is 21.6. The van der Waals surface area contributed by atoms with Crippen LogP contribution in [0.4, 0.5) is 0 Å². The monoisotopic (exact) mass is 410 g/mol. The molecule has 0 fully saturated rings. The number of hydrazone groups is 1. The summed E-state index contributed by atoms with van der Waals surface area (Å²) in [6, 6.07) is 27.4. The molecule has 0 aliphatic heterocycles. The molecule has 1 heterocycles. The Balaban J connectivity index is 1.43. The van der Waals surface area contributed by atoms with Gasteiger partial charge in [0, 0.05) is 5.56 Å². The SMILES string of the molecule is COc1ccc(C(C)=NNC(=O)c2cc(-c3ccc(-c4ccccc4)cc3)n[nH]2)cc1. The topological polar surface area (TPSA) is 79.4 Å². The fourth-order valence-electron chi connectivity index (χ4n) is 3.14. The molecule has 6 nitrogen and oxygen atoms in total. The van der Waals surface area contributed by atoms with Crippen molar-refractivity contribution in [2.24, 2.45) is 5.10 Å². The number of hydrogen-bond acceptors (Lipinski definition) is 4. The van der Waals surface area contributed by atoms with E-state index in [9.17, 15) is 4.79 Å². The molecule has 0 saturated carbocycles. The molecule has 2 N–H and O–H groups in total. The number of carbonyl (C=O) groups is 1. The van der Waals surface area contributed by atoms with Crippen LogP contribution in [-0.2, 0) is 0 Å². The molecule has 1 aromatic heterocycles. The minimum atomic E-state index is -0.354. The molecule has 3 aromatic carbocycles. The molecule has 0 radical (unpaired) electrons. The molecule has 4 rings (SSSR count). The molecule has 0 unspecified atom stereocenters. The average Bonchev–Trinajstić information content (AvgIpc) is 3.33. The van der Waals surface area contributed by atoms with Crippen molar-refractivity contribution in [1.82, 2.24) is 15.6 Å². The van der Waals surface area contributed by atoms with Gasteiger partial charge in [-0.3, -0.25) is 9.89 Å². The van der Waals surface area contributed by atoms with Crippen molar-refractivity contribution in [2.45, 2.75) is 6.92 Å². The van der Waals surface area contributed by atoms with Gasteiger partial charge in [0.05, 0.1) is 18.5 Å². The number of methoxy groups -OCH3 is 1. The molecule has 0 aliphatic carbocycles. The Morgan fingerprint density at radius 2 is 1.55 bits per heavy atom. The number of amides is 1. The molecule has 0 saturated heterocycles. The Morgan fingerprint density at radius 1 is 0.903 bits per heavy atom. The molecule has 31 heavy (non-hydrogen) atoms. The fourth-order valence-corrected chi connectivity index (χ4v) is 3.14. The van der Waals surface area contributed by atoms with Crippen LogP contribution in [0.5, 0.6) is 5.75 Å². The van der Waals surface area contributed by atoms with E-state index in [0.29, 0.717) is 17.1 Å². The van der Waals surface area contributed by atoms with Crippen molar-refractivity contribution in [1.29, 1.82) is 0 Å². The number of carbonyl (C=O) groups excluding carboxylic acids is 1. The van der Waals surface area contributed by atoms with Crippen LogP contribution in [0.3, 0.4) is 0 Å². The molecule has 0 atom stereocenters. The van der Waals surface area contributed by atoms with Gasteiger partial charge in [-0.25, -0.2) is 5.43 Å². The number of H-pyrrole nitrogens is 1. The van der Waals surface area contributed by atoms with E-state index < -0.39 is 0 Å². The van der Waals surface area contributed by atoms with Gasteiger partial charge in [0.1, 0.15) is 11.4 Å². The van der Waals surface area contributed by atoms with Crippen molar-refractivity contribution < 1.29 is 9.53 Å². The van der Waals surface area contributed by atoms with Crippen molar-refractivity contribution in [2.75, 3.05) is 7.11 Å². The normalized spacial score (nSPS) is 11.2. The number of rotatable bonds is 6. The van der Waals surface area contributed by atoms with Crippen LogP contribution >= 0.6 is 0 Å². The number of nitrogens with zero attached hydrogens (tertiary/aromatic N) is 2. The molecule has 6 heteroatoms. The molecule has 154 valence electrons. The minimum absolute atomic E-state index is 0.341. The Hall–Kier alpha value is -4.19. The summed E-state index contributed by atoms with van der Waals surface area (Å²) in [5.74, 6) is 0.412. The van der Waals surface area contributed by atoms with E-state index in [4.69, 9.17) is 4.74 Å². The average molecular weight is 410 g/mol. The van der Waals surface area contributed by atoms with Crippen LogP contribution < -0.4 is 10.2 Å². The Kier molecular flexibility index (Phi) is 5.89. The molecular formula is C25H22N4O2. The molecule has 0 bridgehead atoms. The molecule has 4 aromatic rings. The molecule has 1 amide bonds. The van der Waals surface area contributed by atoms with Crippen molar-refractivity contribution in [3.63, 3.8) is 0 Å². The first-order chi connectivity index (χ1) is 15.1. The zero-order valence-corrected chi connectivity index (χ0v) is 17.3. The second kappa shape index (κ2) is 9.09. The zero-order valence-electron chi connectivity index (χ0n) is 17.3. The van der Waals surface area contributed by atoms with Crippen LogP contribution in [-0.4, -0.2) is 28.9 Å². The molecule has 0 spiro atoms. The highest BCUT2D eigenvalue weighted by Gasteiger charge is 2.11. The summed E-state index contributed by atoms with van der Waals surface area (Å²) in [7, 11) is 1.62. The highest BCUT2D eigenvalue weighted by Crippen LogP contribution is 2.24. The smallest absolute Gasteiger partial charge is 0.289 e. The van der Waals surface area contributed by atoms with Gasteiger partial charge in [0.2, 0.25) is 0 Å². The predicted octanol–water partition coefficient (Wildman–Crippen LogP) is 4.91. The largest absolute Gasteiger partial charge is 0.497 e. The first-order valence-corrected chi connectivity index (χ1v) is 9.84.